The molecule has 1 heterocycles. The average Bonchev–Trinajstić information content (AvgIpc) is 3.06. The van der Waals surface area contributed by atoms with Gasteiger partial charge in [0.2, 0.25) is 0 Å². The molecule has 102 valence electrons. The maximum absolute atomic E-state index is 8.84. The predicted molar refractivity (Wildman–Crippen MR) is 72.2 cm³/mol. The van der Waals surface area contributed by atoms with Crippen LogP contribution in [-0.4, -0.2) is 23.9 Å². The zero-order valence-electron chi connectivity index (χ0n) is 11.7. The number of epoxide rings is 1. The maximum atomic E-state index is 8.84. The summed E-state index contributed by atoms with van der Waals surface area (Å²) in [5.41, 5.74) is 0.181. The van der Waals surface area contributed by atoms with Crippen molar-refractivity contribution in [1.82, 2.24) is 0 Å². The number of hydrogen-bond donors (Lipinski definition) is 1. The Hall–Kier alpha value is -0.0800. The van der Waals surface area contributed by atoms with Gasteiger partial charge in [0.15, 0.2) is 0 Å². The predicted octanol–water partition coefficient (Wildman–Crippen LogP) is 3.91. The van der Waals surface area contributed by atoms with E-state index in [1.165, 1.54) is 44.9 Å². The Morgan fingerprint density at radius 2 is 1.65 bits per heavy atom. The highest BCUT2D eigenvalue weighted by atomic mass is 16.6. The Bertz CT molecular complexity index is 187. The van der Waals surface area contributed by atoms with E-state index in [2.05, 4.69) is 13.8 Å². The Morgan fingerprint density at radius 3 is 2.18 bits per heavy atom. The van der Waals surface area contributed by atoms with Gasteiger partial charge >= 0.3 is 0 Å². The van der Waals surface area contributed by atoms with E-state index >= 15 is 0 Å². The van der Waals surface area contributed by atoms with Crippen LogP contribution in [0.5, 0.6) is 0 Å². The number of rotatable bonds is 11. The Morgan fingerprint density at radius 1 is 1.06 bits per heavy atom. The summed E-state index contributed by atoms with van der Waals surface area (Å²) in [4.78, 5) is 0. The van der Waals surface area contributed by atoms with Gasteiger partial charge in [-0.25, -0.2) is 0 Å². The van der Waals surface area contributed by atoms with Crippen molar-refractivity contribution < 1.29 is 9.84 Å². The summed E-state index contributed by atoms with van der Waals surface area (Å²) in [7, 11) is 0. The summed E-state index contributed by atoms with van der Waals surface area (Å²) in [5, 5.41) is 8.84. The molecule has 0 spiro atoms. The third kappa shape index (κ3) is 5.87. The second-order valence-electron chi connectivity index (χ2n) is 5.72. The highest BCUT2D eigenvalue weighted by Crippen LogP contribution is 2.40. The van der Waals surface area contributed by atoms with E-state index in [9.17, 15) is 0 Å². The van der Waals surface area contributed by atoms with Crippen molar-refractivity contribution in [2.75, 3.05) is 13.2 Å². The fourth-order valence-corrected chi connectivity index (χ4v) is 2.60. The van der Waals surface area contributed by atoms with Gasteiger partial charge in [-0.2, -0.15) is 0 Å². The van der Waals surface area contributed by atoms with E-state index in [-0.39, 0.29) is 5.60 Å². The minimum atomic E-state index is 0.181. The molecule has 1 aliphatic heterocycles. The molecule has 2 nitrogen and oxygen atoms in total. The fourth-order valence-electron chi connectivity index (χ4n) is 2.60. The summed E-state index contributed by atoms with van der Waals surface area (Å²) in [5.74, 6) is 0.718. The Kier molecular flexibility index (Phi) is 7.14. The molecule has 0 aromatic heterocycles. The van der Waals surface area contributed by atoms with Crippen molar-refractivity contribution in [2.24, 2.45) is 5.92 Å². The first-order valence-electron chi connectivity index (χ1n) is 7.47. The van der Waals surface area contributed by atoms with Gasteiger partial charge in [0.05, 0.1) is 12.2 Å². The minimum absolute atomic E-state index is 0.181. The molecule has 0 aromatic rings. The highest BCUT2D eigenvalue weighted by molar-refractivity contribution is 4.93. The van der Waals surface area contributed by atoms with Crippen LogP contribution in [0.3, 0.4) is 0 Å². The lowest BCUT2D eigenvalue weighted by molar-refractivity contribution is 0.200. The van der Waals surface area contributed by atoms with Crippen LogP contribution in [0.15, 0.2) is 0 Å². The summed E-state index contributed by atoms with van der Waals surface area (Å²) >= 11 is 0. The number of ether oxygens (including phenoxy) is 1. The van der Waals surface area contributed by atoms with Crippen molar-refractivity contribution >= 4 is 0 Å². The van der Waals surface area contributed by atoms with Crippen LogP contribution in [-0.2, 0) is 4.74 Å². The van der Waals surface area contributed by atoms with Crippen molar-refractivity contribution in [3.8, 4) is 0 Å². The molecule has 0 aliphatic carbocycles. The third-order valence-electron chi connectivity index (χ3n) is 4.08. The van der Waals surface area contributed by atoms with Gasteiger partial charge in [0.1, 0.15) is 0 Å². The zero-order chi connectivity index (χ0) is 12.6. The Labute approximate surface area is 107 Å². The summed E-state index contributed by atoms with van der Waals surface area (Å²) in [6, 6.07) is 0. The molecule has 0 radical (unpaired) electrons. The third-order valence-corrected chi connectivity index (χ3v) is 4.08. The van der Waals surface area contributed by atoms with E-state index in [4.69, 9.17) is 9.84 Å². The molecule has 0 aromatic carbocycles. The van der Waals surface area contributed by atoms with Crippen molar-refractivity contribution in [3.05, 3.63) is 0 Å². The van der Waals surface area contributed by atoms with Gasteiger partial charge in [0, 0.05) is 6.61 Å². The van der Waals surface area contributed by atoms with Crippen LogP contribution < -0.4 is 0 Å². The van der Waals surface area contributed by atoms with Crippen molar-refractivity contribution in [1.29, 1.82) is 0 Å². The number of aliphatic hydroxyl groups is 1. The fraction of sp³-hybridized carbons (Fsp3) is 1.00. The lowest BCUT2D eigenvalue weighted by Crippen LogP contribution is -2.20. The van der Waals surface area contributed by atoms with E-state index in [1.807, 2.05) is 0 Å². The molecule has 0 unspecified atom stereocenters. The zero-order valence-corrected chi connectivity index (χ0v) is 11.7. The van der Waals surface area contributed by atoms with E-state index in [0.29, 0.717) is 6.61 Å². The molecule has 1 saturated heterocycles. The van der Waals surface area contributed by atoms with E-state index < -0.39 is 0 Å². The first-order chi connectivity index (χ1) is 8.23. The van der Waals surface area contributed by atoms with Crippen LogP contribution in [0, 0.1) is 5.92 Å². The first-order valence-corrected chi connectivity index (χ1v) is 7.47. The van der Waals surface area contributed by atoms with Crippen LogP contribution in [0.25, 0.3) is 0 Å². The van der Waals surface area contributed by atoms with Crippen LogP contribution >= 0.6 is 0 Å². The summed E-state index contributed by atoms with van der Waals surface area (Å²) < 4.78 is 5.60. The maximum Gasteiger partial charge on any atom is 0.0916 e. The standard InChI is InChI=1S/C15H30O2/c1-3-4-5-6-7-10-14(11-8-9-12-16)15(2)13-17-15/h14,16H,3-13H2,1-2H3/t14-,15+/m0/s1. The molecular formula is C15H30O2. The van der Waals surface area contributed by atoms with Crippen LogP contribution in [0.1, 0.15) is 71.6 Å². The molecule has 0 saturated carbocycles. The molecule has 1 rings (SSSR count). The van der Waals surface area contributed by atoms with Gasteiger partial charge in [-0.3, -0.25) is 0 Å². The largest absolute Gasteiger partial charge is 0.396 e. The molecule has 2 heteroatoms. The monoisotopic (exact) mass is 242 g/mol. The molecule has 2 atom stereocenters. The molecule has 17 heavy (non-hydrogen) atoms. The number of hydrogen-bond acceptors (Lipinski definition) is 2. The van der Waals surface area contributed by atoms with Gasteiger partial charge in [-0.05, 0) is 32.1 Å². The minimum Gasteiger partial charge on any atom is -0.396 e. The molecule has 0 bridgehead atoms. The summed E-state index contributed by atoms with van der Waals surface area (Å²) in [6.45, 7) is 5.80. The lowest BCUT2D eigenvalue weighted by atomic mass is 9.85. The second kappa shape index (κ2) is 8.10. The summed E-state index contributed by atoms with van der Waals surface area (Å²) in [6.07, 6.45) is 11.4. The van der Waals surface area contributed by atoms with Gasteiger partial charge < -0.3 is 9.84 Å². The highest BCUT2D eigenvalue weighted by Gasteiger charge is 2.45. The molecular weight excluding hydrogens is 212 g/mol. The van der Waals surface area contributed by atoms with Crippen molar-refractivity contribution in [3.63, 3.8) is 0 Å². The molecule has 1 N–H and O–H groups in total. The van der Waals surface area contributed by atoms with Gasteiger partial charge in [0.25, 0.3) is 0 Å². The van der Waals surface area contributed by atoms with Crippen LogP contribution in [0.4, 0.5) is 0 Å². The van der Waals surface area contributed by atoms with Crippen LogP contribution in [0.2, 0.25) is 0 Å². The second-order valence-corrected chi connectivity index (χ2v) is 5.72. The van der Waals surface area contributed by atoms with E-state index in [0.717, 1.165) is 25.4 Å². The average molecular weight is 242 g/mol. The van der Waals surface area contributed by atoms with E-state index in [1.54, 1.807) is 0 Å². The number of unbranched alkanes of at least 4 members (excludes halogenated alkanes) is 5. The molecule has 1 aliphatic rings. The normalized spacial score (nSPS) is 24.9. The first kappa shape index (κ1) is 15.0. The topological polar surface area (TPSA) is 32.8 Å². The smallest absolute Gasteiger partial charge is 0.0916 e. The SMILES string of the molecule is CCCCCCC[C@@H](CCCCO)[C@@]1(C)CO1. The number of aliphatic hydroxyl groups excluding tert-OH is 1. The van der Waals surface area contributed by atoms with Gasteiger partial charge in [-0.15, -0.1) is 0 Å². The Balaban J connectivity index is 2.13. The molecule has 1 fully saturated rings. The van der Waals surface area contributed by atoms with Gasteiger partial charge in [-0.1, -0.05) is 45.4 Å². The quantitative estimate of drug-likeness (QED) is 0.440. The molecule has 0 amide bonds. The lowest BCUT2D eigenvalue weighted by Gasteiger charge is -2.20. The van der Waals surface area contributed by atoms with Crippen molar-refractivity contribution in [2.45, 2.75) is 77.2 Å².